The van der Waals surface area contributed by atoms with E-state index in [-0.39, 0.29) is 23.6 Å². The van der Waals surface area contributed by atoms with Crippen LogP contribution in [0.4, 0.5) is 0 Å². The lowest BCUT2D eigenvalue weighted by Crippen LogP contribution is -2.63. The lowest BCUT2D eigenvalue weighted by atomic mass is 10.2. The number of esters is 1. The average molecular weight is 201 g/mol. The maximum atomic E-state index is 11.2. The van der Waals surface area contributed by atoms with Crippen molar-refractivity contribution >= 4 is 20.0 Å². The van der Waals surface area contributed by atoms with Crippen LogP contribution in [-0.4, -0.2) is 26.2 Å². The topological polar surface area (TPSA) is 55.4 Å². The Balaban J connectivity index is 2.62. The van der Waals surface area contributed by atoms with Crippen molar-refractivity contribution in [3.63, 3.8) is 0 Å². The summed E-state index contributed by atoms with van der Waals surface area (Å²) in [5.74, 6) is -0.321. The van der Waals surface area contributed by atoms with Gasteiger partial charge in [0.2, 0.25) is 5.91 Å². The van der Waals surface area contributed by atoms with Crippen LogP contribution >= 0.6 is 0 Å². The van der Waals surface area contributed by atoms with Crippen molar-refractivity contribution < 1.29 is 14.3 Å². The average Bonchev–Trinajstić information content (AvgIpc) is 1.79. The zero-order valence-corrected chi connectivity index (χ0v) is 9.38. The first-order valence-corrected chi connectivity index (χ1v) is 7.87. The Bertz CT molecular complexity index is 246. The van der Waals surface area contributed by atoms with E-state index in [4.69, 9.17) is 4.74 Å². The highest BCUT2D eigenvalue weighted by atomic mass is 28.3. The van der Waals surface area contributed by atoms with E-state index in [9.17, 15) is 9.59 Å². The fourth-order valence-electron chi connectivity index (χ4n) is 1.48. The number of amides is 1. The molecule has 1 fully saturated rings. The summed E-state index contributed by atoms with van der Waals surface area (Å²) in [6, 6.07) is 0. The number of hydrogen-bond donors (Lipinski definition) is 1. The molecule has 0 aromatic carbocycles. The molecular weight excluding hydrogens is 186 g/mol. The lowest BCUT2D eigenvalue weighted by molar-refractivity contribution is -0.158. The highest BCUT2D eigenvalue weighted by Crippen LogP contribution is 2.33. The summed E-state index contributed by atoms with van der Waals surface area (Å²) in [5, 5.41) is 2.58. The number of nitrogens with one attached hydrogen (secondary N) is 1. The van der Waals surface area contributed by atoms with E-state index < -0.39 is 8.07 Å². The van der Waals surface area contributed by atoms with Crippen molar-refractivity contribution in [1.29, 1.82) is 0 Å². The van der Waals surface area contributed by atoms with Crippen LogP contribution in [0.3, 0.4) is 0 Å². The van der Waals surface area contributed by atoms with Gasteiger partial charge in [-0.05, 0) is 0 Å². The first kappa shape index (κ1) is 10.2. The van der Waals surface area contributed by atoms with Crippen LogP contribution in [0.25, 0.3) is 0 Å². The fraction of sp³-hybridized carbons (Fsp3) is 0.750. The smallest absolute Gasteiger partial charge is 0.304 e. The summed E-state index contributed by atoms with van der Waals surface area (Å²) < 4.78 is 4.96. The third-order valence-corrected chi connectivity index (χ3v) is 4.53. The van der Waals surface area contributed by atoms with Crippen LogP contribution in [0.5, 0.6) is 0 Å². The molecule has 0 saturated carbocycles. The van der Waals surface area contributed by atoms with Gasteiger partial charge in [-0.25, -0.2) is 0 Å². The Morgan fingerprint density at radius 3 is 2.31 bits per heavy atom. The number of ether oxygens (including phenoxy) is 1. The Labute approximate surface area is 78.7 Å². The normalized spacial score (nSPS) is 27.5. The molecule has 1 N–H and O–H groups in total. The van der Waals surface area contributed by atoms with Crippen molar-refractivity contribution in [2.45, 2.75) is 38.3 Å². The molecule has 1 rings (SSSR count). The molecule has 0 spiro atoms. The van der Waals surface area contributed by atoms with Gasteiger partial charge in [0.25, 0.3) is 0 Å². The minimum atomic E-state index is -1.56. The number of rotatable bonds is 2. The summed E-state index contributed by atoms with van der Waals surface area (Å²) in [7, 11) is -1.56. The van der Waals surface area contributed by atoms with Crippen molar-refractivity contribution in [1.82, 2.24) is 5.32 Å². The standard InChI is InChI=1S/C8H15NO3Si/c1-5(10)12-8-6(7(11)9-8)13(2,3)4/h6,8H,1-4H3,(H,9,11). The van der Waals surface area contributed by atoms with Crippen molar-refractivity contribution in [2.24, 2.45) is 0 Å². The Kier molecular flexibility index (Phi) is 2.47. The van der Waals surface area contributed by atoms with E-state index in [1.807, 2.05) is 0 Å². The molecule has 1 heterocycles. The second-order valence-corrected chi connectivity index (χ2v) is 9.74. The maximum absolute atomic E-state index is 11.2. The van der Waals surface area contributed by atoms with Gasteiger partial charge >= 0.3 is 5.97 Å². The second-order valence-electron chi connectivity index (χ2n) is 4.38. The molecule has 2 atom stereocenters. The van der Waals surface area contributed by atoms with Crippen LogP contribution < -0.4 is 5.32 Å². The van der Waals surface area contributed by atoms with E-state index in [1.54, 1.807) is 0 Å². The highest BCUT2D eigenvalue weighted by Gasteiger charge is 2.49. The SMILES string of the molecule is CC(=O)OC1NC(=O)C1[Si](C)(C)C. The van der Waals surface area contributed by atoms with Gasteiger partial charge in [0.1, 0.15) is 0 Å². The van der Waals surface area contributed by atoms with Crippen molar-refractivity contribution in [3.05, 3.63) is 0 Å². The van der Waals surface area contributed by atoms with Crippen LogP contribution in [-0.2, 0) is 14.3 Å². The summed E-state index contributed by atoms with van der Waals surface area (Å²) in [6.45, 7) is 7.62. The number of carbonyl (C=O) groups excluding carboxylic acids is 2. The van der Waals surface area contributed by atoms with E-state index in [0.29, 0.717) is 0 Å². The van der Waals surface area contributed by atoms with Gasteiger partial charge in [-0.2, -0.15) is 0 Å². The van der Waals surface area contributed by atoms with Gasteiger partial charge in [-0.3, -0.25) is 9.59 Å². The molecule has 0 bridgehead atoms. The Morgan fingerprint density at radius 2 is 2.00 bits per heavy atom. The van der Waals surface area contributed by atoms with Gasteiger partial charge < -0.3 is 10.1 Å². The van der Waals surface area contributed by atoms with Gasteiger partial charge in [0, 0.05) is 6.92 Å². The van der Waals surface area contributed by atoms with E-state index in [1.165, 1.54) is 6.92 Å². The van der Waals surface area contributed by atoms with Crippen LogP contribution in [0.1, 0.15) is 6.92 Å². The fourth-order valence-corrected chi connectivity index (χ4v) is 3.41. The molecule has 5 heteroatoms. The molecule has 0 aliphatic carbocycles. The monoisotopic (exact) mass is 201 g/mol. The van der Waals surface area contributed by atoms with Gasteiger partial charge in [0.05, 0.1) is 13.6 Å². The summed E-state index contributed by atoms with van der Waals surface area (Å²) in [5.41, 5.74) is -0.0867. The first-order chi connectivity index (χ1) is 5.82. The molecule has 0 aromatic heterocycles. The van der Waals surface area contributed by atoms with E-state index in [2.05, 4.69) is 25.0 Å². The van der Waals surface area contributed by atoms with Crippen molar-refractivity contribution in [2.75, 3.05) is 0 Å². The molecule has 1 aliphatic heterocycles. The number of carbonyl (C=O) groups is 2. The summed E-state index contributed by atoms with van der Waals surface area (Å²) in [4.78, 5) is 21.9. The van der Waals surface area contributed by atoms with E-state index >= 15 is 0 Å². The molecule has 13 heavy (non-hydrogen) atoms. The van der Waals surface area contributed by atoms with Crippen molar-refractivity contribution in [3.8, 4) is 0 Å². The maximum Gasteiger partial charge on any atom is 0.304 e. The lowest BCUT2D eigenvalue weighted by Gasteiger charge is -2.42. The second kappa shape index (κ2) is 3.14. The molecular formula is C8H15NO3Si. The third kappa shape index (κ3) is 2.09. The predicted molar refractivity (Wildman–Crippen MR) is 50.8 cm³/mol. The molecule has 0 aromatic rings. The minimum absolute atomic E-state index is 0.0189. The number of hydrogen-bond acceptors (Lipinski definition) is 3. The van der Waals surface area contributed by atoms with Gasteiger partial charge in [0.15, 0.2) is 6.23 Å². The van der Waals surface area contributed by atoms with Gasteiger partial charge in [-0.15, -0.1) is 0 Å². The zero-order chi connectivity index (χ0) is 10.2. The molecule has 1 aliphatic rings. The molecule has 2 unspecified atom stereocenters. The summed E-state index contributed by atoms with van der Waals surface area (Å²) in [6.07, 6.45) is -0.378. The quantitative estimate of drug-likeness (QED) is 0.407. The van der Waals surface area contributed by atoms with Crippen LogP contribution in [0.15, 0.2) is 0 Å². The molecule has 4 nitrogen and oxygen atoms in total. The van der Waals surface area contributed by atoms with Crippen LogP contribution in [0, 0.1) is 0 Å². The third-order valence-electron chi connectivity index (χ3n) is 2.10. The van der Waals surface area contributed by atoms with E-state index in [0.717, 1.165) is 0 Å². The Morgan fingerprint density at radius 1 is 1.46 bits per heavy atom. The molecule has 1 saturated heterocycles. The minimum Gasteiger partial charge on any atom is -0.441 e. The van der Waals surface area contributed by atoms with Gasteiger partial charge in [-0.1, -0.05) is 19.6 Å². The molecule has 0 radical (unpaired) electrons. The highest BCUT2D eigenvalue weighted by molar-refractivity contribution is 6.81. The predicted octanol–water partition coefficient (Wildman–Crippen LogP) is 0.714. The zero-order valence-electron chi connectivity index (χ0n) is 8.38. The van der Waals surface area contributed by atoms with Crippen LogP contribution in [0.2, 0.25) is 25.2 Å². The molecule has 1 amide bonds. The summed E-state index contributed by atoms with van der Waals surface area (Å²) >= 11 is 0. The number of β-lactam (4-membered cyclic amide) rings is 1. The Hall–Kier alpha value is -0.843. The largest absolute Gasteiger partial charge is 0.441 e. The first-order valence-electron chi connectivity index (χ1n) is 4.30. The molecule has 74 valence electrons.